The molecule has 1 aromatic rings. The van der Waals surface area contributed by atoms with Gasteiger partial charge in [-0.15, -0.1) is 0 Å². The molecule has 1 saturated heterocycles. The molecule has 6 nitrogen and oxygen atoms in total. The summed E-state index contributed by atoms with van der Waals surface area (Å²) in [7, 11) is 1.49. The van der Waals surface area contributed by atoms with Gasteiger partial charge in [0.1, 0.15) is 11.5 Å². The predicted molar refractivity (Wildman–Crippen MR) is 72.5 cm³/mol. The van der Waals surface area contributed by atoms with Crippen molar-refractivity contribution in [2.24, 2.45) is 11.1 Å². The molecule has 1 aromatic carbocycles. The van der Waals surface area contributed by atoms with Crippen molar-refractivity contribution in [2.45, 2.75) is 13.3 Å². The molecule has 0 bridgehead atoms. The molecular weight excluding hydrogens is 260 g/mol. The normalized spacial score (nSPS) is 21.8. The van der Waals surface area contributed by atoms with Crippen molar-refractivity contribution in [1.82, 2.24) is 4.90 Å². The molecule has 1 heterocycles. The molecule has 0 spiro atoms. The number of amides is 2. The molecule has 1 atom stereocenters. The molecule has 20 heavy (non-hydrogen) atoms. The van der Waals surface area contributed by atoms with E-state index in [4.69, 9.17) is 10.5 Å². The monoisotopic (exact) mass is 278 g/mol. The third-order valence-corrected chi connectivity index (χ3v) is 3.79. The van der Waals surface area contributed by atoms with E-state index in [9.17, 15) is 14.7 Å². The first kappa shape index (κ1) is 14.2. The van der Waals surface area contributed by atoms with Gasteiger partial charge in [0.25, 0.3) is 5.91 Å². The lowest BCUT2D eigenvalue weighted by molar-refractivity contribution is -0.126. The molecule has 3 N–H and O–H groups in total. The Kier molecular flexibility index (Phi) is 3.57. The average molecular weight is 278 g/mol. The van der Waals surface area contributed by atoms with Gasteiger partial charge in [-0.3, -0.25) is 9.59 Å². The lowest BCUT2D eigenvalue weighted by atomic mass is 9.89. The number of phenolic OH excluding ortho intramolecular Hbond substituents is 1. The van der Waals surface area contributed by atoms with E-state index in [0.717, 1.165) is 0 Å². The Morgan fingerprint density at radius 3 is 2.70 bits per heavy atom. The summed E-state index contributed by atoms with van der Waals surface area (Å²) in [6.07, 6.45) is 0.527. The number of nitrogens with two attached hydrogens (primary N) is 1. The van der Waals surface area contributed by atoms with Crippen LogP contribution in [0.15, 0.2) is 18.2 Å². The van der Waals surface area contributed by atoms with Crippen LogP contribution in [0.25, 0.3) is 0 Å². The number of aromatic hydroxyl groups is 1. The van der Waals surface area contributed by atoms with Gasteiger partial charge in [0, 0.05) is 13.1 Å². The number of carbonyl (C=O) groups excluding carboxylic acids is 2. The first-order valence-electron chi connectivity index (χ1n) is 6.33. The van der Waals surface area contributed by atoms with Crippen LogP contribution < -0.4 is 10.5 Å². The SMILES string of the molecule is COc1ccc(O)c(C(=O)N2CCC(C)(C(N)=O)C2)c1. The minimum Gasteiger partial charge on any atom is -0.507 e. The molecule has 2 rings (SSSR count). The standard InChI is InChI=1S/C14H18N2O4/c1-14(13(15)19)5-6-16(8-14)12(18)10-7-9(20-2)3-4-11(10)17/h3-4,7,17H,5-6,8H2,1-2H3,(H2,15,19). The van der Waals surface area contributed by atoms with Crippen LogP contribution in [0.5, 0.6) is 11.5 Å². The number of phenols is 1. The smallest absolute Gasteiger partial charge is 0.257 e. The van der Waals surface area contributed by atoms with Gasteiger partial charge in [0.2, 0.25) is 5.91 Å². The minimum absolute atomic E-state index is 0.108. The van der Waals surface area contributed by atoms with Crippen molar-refractivity contribution in [1.29, 1.82) is 0 Å². The maximum Gasteiger partial charge on any atom is 0.257 e. The number of carbonyl (C=O) groups is 2. The Balaban J connectivity index is 2.23. The maximum atomic E-state index is 12.4. The van der Waals surface area contributed by atoms with E-state index >= 15 is 0 Å². The number of ether oxygens (including phenoxy) is 1. The number of hydrogen-bond donors (Lipinski definition) is 2. The first-order valence-corrected chi connectivity index (χ1v) is 6.33. The van der Waals surface area contributed by atoms with Crippen LogP contribution in [0.2, 0.25) is 0 Å². The first-order chi connectivity index (χ1) is 9.37. The fourth-order valence-corrected chi connectivity index (χ4v) is 2.32. The summed E-state index contributed by atoms with van der Waals surface area (Å²) in [6, 6.07) is 4.47. The van der Waals surface area contributed by atoms with E-state index < -0.39 is 11.3 Å². The molecule has 0 aromatic heterocycles. The van der Waals surface area contributed by atoms with Gasteiger partial charge >= 0.3 is 0 Å². The van der Waals surface area contributed by atoms with Crippen molar-refractivity contribution < 1.29 is 19.4 Å². The van der Waals surface area contributed by atoms with E-state index in [0.29, 0.717) is 18.7 Å². The molecule has 1 fully saturated rings. The van der Waals surface area contributed by atoms with Gasteiger partial charge in [-0.1, -0.05) is 0 Å². The summed E-state index contributed by atoms with van der Waals surface area (Å²) in [5.74, 6) is -0.361. The topological polar surface area (TPSA) is 92.9 Å². The van der Waals surface area contributed by atoms with Crippen LogP contribution in [0.1, 0.15) is 23.7 Å². The van der Waals surface area contributed by atoms with Gasteiger partial charge in [-0.05, 0) is 31.5 Å². The Labute approximate surface area is 117 Å². The summed E-state index contributed by atoms with van der Waals surface area (Å²) in [5, 5.41) is 9.81. The number of nitrogens with zero attached hydrogens (tertiary/aromatic N) is 1. The molecule has 0 radical (unpaired) electrons. The highest BCUT2D eigenvalue weighted by Crippen LogP contribution is 2.32. The quantitative estimate of drug-likeness (QED) is 0.852. The third kappa shape index (κ3) is 2.41. The zero-order chi connectivity index (χ0) is 14.9. The Hall–Kier alpha value is -2.24. The Morgan fingerprint density at radius 1 is 1.45 bits per heavy atom. The zero-order valence-corrected chi connectivity index (χ0v) is 11.5. The third-order valence-electron chi connectivity index (χ3n) is 3.79. The van der Waals surface area contributed by atoms with E-state index in [1.165, 1.54) is 24.1 Å². The fraction of sp³-hybridized carbons (Fsp3) is 0.429. The summed E-state index contributed by atoms with van der Waals surface area (Å²) in [6.45, 7) is 2.45. The van der Waals surface area contributed by atoms with Gasteiger partial charge in [-0.2, -0.15) is 0 Å². The maximum absolute atomic E-state index is 12.4. The molecule has 0 aliphatic carbocycles. The summed E-state index contributed by atoms with van der Waals surface area (Å²) in [5.41, 5.74) is 4.82. The zero-order valence-electron chi connectivity index (χ0n) is 11.5. The van der Waals surface area contributed by atoms with Crippen LogP contribution in [0, 0.1) is 5.41 Å². The molecular formula is C14H18N2O4. The largest absolute Gasteiger partial charge is 0.507 e. The summed E-state index contributed by atoms with van der Waals surface area (Å²) in [4.78, 5) is 25.3. The second-order valence-corrected chi connectivity index (χ2v) is 5.28. The highest BCUT2D eigenvalue weighted by molar-refractivity contribution is 5.98. The number of likely N-dealkylation sites (tertiary alicyclic amines) is 1. The summed E-state index contributed by atoms with van der Waals surface area (Å²) < 4.78 is 5.05. The predicted octanol–water partition coefficient (Wildman–Crippen LogP) is 0.738. The van der Waals surface area contributed by atoms with Crippen LogP contribution in [0.3, 0.4) is 0 Å². The van der Waals surface area contributed by atoms with Crippen LogP contribution >= 0.6 is 0 Å². The number of benzene rings is 1. The Bertz CT molecular complexity index is 558. The van der Waals surface area contributed by atoms with E-state index in [-0.39, 0.29) is 23.8 Å². The number of methoxy groups -OCH3 is 1. The lowest BCUT2D eigenvalue weighted by Gasteiger charge is -2.21. The highest BCUT2D eigenvalue weighted by Gasteiger charge is 2.41. The van der Waals surface area contributed by atoms with Crippen LogP contribution in [-0.2, 0) is 4.79 Å². The van der Waals surface area contributed by atoms with E-state index in [2.05, 4.69) is 0 Å². The summed E-state index contributed by atoms with van der Waals surface area (Å²) >= 11 is 0. The van der Waals surface area contributed by atoms with Crippen molar-refractivity contribution in [2.75, 3.05) is 20.2 Å². The van der Waals surface area contributed by atoms with E-state index in [1.807, 2.05) is 0 Å². The molecule has 1 unspecified atom stereocenters. The van der Waals surface area contributed by atoms with Crippen molar-refractivity contribution >= 4 is 11.8 Å². The van der Waals surface area contributed by atoms with Gasteiger partial charge in [-0.25, -0.2) is 0 Å². The highest BCUT2D eigenvalue weighted by atomic mass is 16.5. The average Bonchev–Trinajstić information content (AvgIpc) is 2.83. The van der Waals surface area contributed by atoms with Gasteiger partial charge in [0.05, 0.1) is 18.1 Å². The second kappa shape index (κ2) is 5.03. The van der Waals surface area contributed by atoms with Gasteiger partial charge in [0.15, 0.2) is 0 Å². The van der Waals surface area contributed by atoms with E-state index in [1.54, 1.807) is 13.0 Å². The van der Waals surface area contributed by atoms with Crippen molar-refractivity contribution in [3.8, 4) is 11.5 Å². The Morgan fingerprint density at radius 2 is 2.15 bits per heavy atom. The van der Waals surface area contributed by atoms with Crippen LogP contribution in [-0.4, -0.2) is 42.0 Å². The number of rotatable bonds is 3. The fourth-order valence-electron chi connectivity index (χ4n) is 2.32. The molecule has 1 aliphatic rings. The molecule has 108 valence electrons. The minimum atomic E-state index is -0.704. The molecule has 0 saturated carbocycles. The van der Waals surface area contributed by atoms with Crippen molar-refractivity contribution in [3.63, 3.8) is 0 Å². The van der Waals surface area contributed by atoms with Crippen LogP contribution in [0.4, 0.5) is 0 Å². The molecule has 2 amide bonds. The second-order valence-electron chi connectivity index (χ2n) is 5.28. The molecule has 6 heteroatoms. The lowest BCUT2D eigenvalue weighted by Crippen LogP contribution is -2.38. The van der Waals surface area contributed by atoms with Crippen molar-refractivity contribution in [3.05, 3.63) is 23.8 Å². The van der Waals surface area contributed by atoms with Gasteiger partial charge < -0.3 is 20.5 Å². The molecule has 1 aliphatic heterocycles. The number of hydrogen-bond acceptors (Lipinski definition) is 4. The number of primary amides is 1.